The lowest BCUT2D eigenvalue weighted by atomic mass is 9.93. The minimum absolute atomic E-state index is 0.130. The fourth-order valence-corrected chi connectivity index (χ4v) is 5.03. The lowest BCUT2D eigenvalue weighted by Crippen LogP contribution is -2.18. The van der Waals surface area contributed by atoms with Gasteiger partial charge < -0.3 is 4.57 Å². The van der Waals surface area contributed by atoms with E-state index in [1.807, 2.05) is 18.4 Å². The Morgan fingerprint density at radius 1 is 1.32 bits per heavy atom. The number of hydrogen-bond donors (Lipinski definition) is 0. The third kappa shape index (κ3) is 3.98. The van der Waals surface area contributed by atoms with Gasteiger partial charge in [0.2, 0.25) is 4.80 Å². The highest BCUT2D eigenvalue weighted by molar-refractivity contribution is 7.90. The summed E-state index contributed by atoms with van der Waals surface area (Å²) < 4.78 is 31.0. The SMILES string of the molecule is CCn1c(C)c(C(C)(C)C)s/c1=N\S(=O)(=O)c1cccc([N+](=O)[O-])c1. The van der Waals surface area contributed by atoms with Crippen LogP contribution in [0.25, 0.3) is 0 Å². The van der Waals surface area contributed by atoms with Gasteiger partial charge in [-0.15, -0.1) is 15.7 Å². The van der Waals surface area contributed by atoms with Crippen molar-refractivity contribution >= 4 is 27.0 Å². The van der Waals surface area contributed by atoms with Crippen LogP contribution < -0.4 is 4.80 Å². The number of nitrogens with zero attached hydrogens (tertiary/aromatic N) is 3. The maximum absolute atomic E-state index is 12.6. The lowest BCUT2D eigenvalue weighted by molar-refractivity contribution is -0.385. The summed E-state index contributed by atoms with van der Waals surface area (Å²) in [5, 5.41) is 10.9. The van der Waals surface area contributed by atoms with Crippen molar-refractivity contribution in [2.45, 2.75) is 51.5 Å². The summed E-state index contributed by atoms with van der Waals surface area (Å²) in [6, 6.07) is 4.93. The van der Waals surface area contributed by atoms with Crippen molar-refractivity contribution in [2.24, 2.45) is 4.40 Å². The Bertz CT molecular complexity index is 980. The van der Waals surface area contributed by atoms with E-state index in [1.54, 1.807) is 0 Å². The van der Waals surface area contributed by atoms with Crippen LogP contribution in [0.5, 0.6) is 0 Å². The zero-order valence-corrected chi connectivity index (χ0v) is 16.4. The third-order valence-corrected chi connectivity index (χ3v) is 6.66. The molecule has 1 aromatic heterocycles. The molecule has 7 nitrogen and oxygen atoms in total. The van der Waals surface area contributed by atoms with E-state index >= 15 is 0 Å². The normalized spacial score (nSPS) is 13.2. The van der Waals surface area contributed by atoms with Crippen LogP contribution >= 0.6 is 11.3 Å². The zero-order valence-electron chi connectivity index (χ0n) is 14.8. The molecular weight excluding hydrogens is 362 g/mol. The molecule has 0 N–H and O–H groups in total. The van der Waals surface area contributed by atoms with Crippen LogP contribution in [-0.2, 0) is 22.0 Å². The Morgan fingerprint density at radius 2 is 1.96 bits per heavy atom. The first-order valence-electron chi connectivity index (χ1n) is 7.73. The molecule has 1 heterocycles. The third-order valence-electron chi connectivity index (χ3n) is 3.68. The maximum atomic E-state index is 12.6. The van der Waals surface area contributed by atoms with Gasteiger partial charge in [0.1, 0.15) is 0 Å². The standard InChI is InChI=1S/C16H21N3O4S2/c1-6-18-11(2)14(16(3,4)5)24-15(18)17-25(22,23)13-9-7-8-12(10-13)19(20)21/h7-10H,6H2,1-5H3/b17-15-. The highest BCUT2D eigenvalue weighted by Gasteiger charge is 2.23. The minimum atomic E-state index is -4.04. The predicted octanol–water partition coefficient (Wildman–Crippen LogP) is 3.37. The molecule has 0 aliphatic rings. The molecule has 2 aromatic rings. The fourth-order valence-electron chi connectivity index (χ4n) is 2.54. The molecule has 2 rings (SSSR count). The fraction of sp³-hybridized carbons (Fsp3) is 0.438. The number of aromatic nitrogens is 1. The molecule has 9 heteroatoms. The maximum Gasteiger partial charge on any atom is 0.285 e. The second-order valence-corrected chi connectivity index (χ2v) is 9.20. The number of benzene rings is 1. The van der Waals surface area contributed by atoms with Crippen molar-refractivity contribution in [1.82, 2.24) is 4.57 Å². The van der Waals surface area contributed by atoms with E-state index in [1.165, 1.54) is 29.5 Å². The van der Waals surface area contributed by atoms with Gasteiger partial charge in [0.05, 0.1) is 9.82 Å². The van der Waals surface area contributed by atoms with Crippen molar-refractivity contribution in [3.8, 4) is 0 Å². The number of nitro groups is 1. The van der Waals surface area contributed by atoms with Crippen molar-refractivity contribution in [3.05, 3.63) is 49.8 Å². The highest BCUT2D eigenvalue weighted by atomic mass is 32.2. The Hall–Kier alpha value is -2.00. The number of sulfonamides is 1. The van der Waals surface area contributed by atoms with Crippen molar-refractivity contribution in [2.75, 3.05) is 0 Å². The number of non-ortho nitro benzene ring substituents is 1. The van der Waals surface area contributed by atoms with Gasteiger partial charge in [-0.3, -0.25) is 10.1 Å². The van der Waals surface area contributed by atoms with Gasteiger partial charge >= 0.3 is 0 Å². The first-order chi connectivity index (χ1) is 11.5. The van der Waals surface area contributed by atoms with Crippen molar-refractivity contribution in [1.29, 1.82) is 0 Å². The monoisotopic (exact) mass is 383 g/mol. The Balaban J connectivity index is 2.67. The van der Waals surface area contributed by atoms with Gasteiger partial charge in [-0.2, -0.15) is 8.42 Å². The van der Waals surface area contributed by atoms with E-state index in [9.17, 15) is 18.5 Å². The van der Waals surface area contributed by atoms with Gasteiger partial charge in [0.15, 0.2) is 0 Å². The molecule has 0 aliphatic carbocycles. The molecule has 0 atom stereocenters. The van der Waals surface area contributed by atoms with Crippen LogP contribution in [-0.4, -0.2) is 17.9 Å². The number of hydrogen-bond acceptors (Lipinski definition) is 5. The molecule has 0 unspecified atom stereocenters. The van der Waals surface area contributed by atoms with Crippen LogP contribution in [0, 0.1) is 17.0 Å². The summed E-state index contributed by atoms with van der Waals surface area (Å²) in [4.78, 5) is 11.5. The number of rotatable bonds is 4. The van der Waals surface area contributed by atoms with Crippen LogP contribution in [0.15, 0.2) is 33.6 Å². The Kier molecular flexibility index (Phi) is 5.19. The number of nitro benzene ring substituents is 1. The quantitative estimate of drug-likeness (QED) is 0.597. The first kappa shape index (κ1) is 19.3. The first-order valence-corrected chi connectivity index (χ1v) is 9.99. The molecule has 25 heavy (non-hydrogen) atoms. The van der Waals surface area contributed by atoms with Crippen LogP contribution in [0.3, 0.4) is 0 Å². The molecule has 0 fully saturated rings. The summed E-state index contributed by atoms with van der Waals surface area (Å²) >= 11 is 1.33. The van der Waals surface area contributed by atoms with Crippen molar-refractivity contribution < 1.29 is 13.3 Å². The molecule has 0 saturated carbocycles. The molecule has 1 aromatic carbocycles. The molecule has 0 spiro atoms. The predicted molar refractivity (Wildman–Crippen MR) is 97.3 cm³/mol. The molecule has 0 radical (unpaired) electrons. The molecular formula is C16H21N3O4S2. The second-order valence-electron chi connectivity index (χ2n) is 6.61. The van der Waals surface area contributed by atoms with E-state index in [4.69, 9.17) is 0 Å². The van der Waals surface area contributed by atoms with Crippen LogP contribution in [0.4, 0.5) is 5.69 Å². The summed E-state index contributed by atoms with van der Waals surface area (Å²) in [5.41, 5.74) is 0.569. The molecule has 0 aliphatic heterocycles. The average Bonchev–Trinajstić information content (AvgIpc) is 2.82. The van der Waals surface area contributed by atoms with Crippen LogP contribution in [0.2, 0.25) is 0 Å². The van der Waals surface area contributed by atoms with Crippen LogP contribution in [0.1, 0.15) is 38.3 Å². The van der Waals surface area contributed by atoms with E-state index in [0.717, 1.165) is 16.6 Å². The summed E-state index contributed by atoms with van der Waals surface area (Å²) in [5.74, 6) is 0. The molecule has 0 saturated heterocycles. The topological polar surface area (TPSA) is 94.6 Å². The zero-order chi connectivity index (χ0) is 19.0. The molecule has 0 bridgehead atoms. The summed E-state index contributed by atoms with van der Waals surface area (Å²) in [6.45, 7) is 10.6. The minimum Gasteiger partial charge on any atom is -0.320 e. The van der Waals surface area contributed by atoms with Gasteiger partial charge in [-0.05, 0) is 25.3 Å². The highest BCUT2D eigenvalue weighted by Crippen LogP contribution is 2.28. The van der Waals surface area contributed by atoms with Gasteiger partial charge in [-0.1, -0.05) is 26.8 Å². The van der Waals surface area contributed by atoms with Crippen molar-refractivity contribution in [3.63, 3.8) is 0 Å². The average molecular weight is 383 g/mol. The second kappa shape index (κ2) is 6.72. The number of thiazole rings is 1. The van der Waals surface area contributed by atoms with Gasteiger partial charge in [0.25, 0.3) is 15.7 Å². The van der Waals surface area contributed by atoms with E-state index in [-0.39, 0.29) is 16.0 Å². The Morgan fingerprint density at radius 3 is 2.48 bits per heavy atom. The largest absolute Gasteiger partial charge is 0.320 e. The van der Waals surface area contributed by atoms with E-state index < -0.39 is 14.9 Å². The summed E-state index contributed by atoms with van der Waals surface area (Å²) in [7, 11) is -4.04. The van der Waals surface area contributed by atoms with Gasteiger partial charge in [-0.25, -0.2) is 0 Å². The smallest absolute Gasteiger partial charge is 0.285 e. The summed E-state index contributed by atoms with van der Waals surface area (Å²) in [6.07, 6.45) is 0. The molecule has 136 valence electrons. The van der Waals surface area contributed by atoms with E-state index in [0.29, 0.717) is 11.3 Å². The van der Waals surface area contributed by atoms with Gasteiger partial charge in [0, 0.05) is 29.2 Å². The lowest BCUT2D eigenvalue weighted by Gasteiger charge is -2.17. The van der Waals surface area contributed by atoms with E-state index in [2.05, 4.69) is 25.2 Å². The molecule has 0 amide bonds. The Labute approximate surface area is 150 Å².